The summed E-state index contributed by atoms with van der Waals surface area (Å²) in [6.45, 7) is 9.12. The molecule has 1 aliphatic heterocycles. The summed E-state index contributed by atoms with van der Waals surface area (Å²) in [5.74, 6) is -0.0628. The Bertz CT molecular complexity index is 1070. The molecule has 0 radical (unpaired) electrons. The fourth-order valence-electron chi connectivity index (χ4n) is 3.92. The zero-order valence-electron chi connectivity index (χ0n) is 18.3. The van der Waals surface area contributed by atoms with Gasteiger partial charge in [-0.15, -0.1) is 0 Å². The second kappa shape index (κ2) is 9.86. The molecule has 160 valence electrons. The third-order valence-corrected chi connectivity index (χ3v) is 5.87. The molecule has 1 fully saturated rings. The number of nitrogens with zero attached hydrogens (tertiary/aromatic N) is 3. The highest BCUT2D eigenvalue weighted by Crippen LogP contribution is 2.16. The Hall–Kier alpha value is -3.02. The van der Waals surface area contributed by atoms with Crippen molar-refractivity contribution in [3.63, 3.8) is 0 Å². The first-order valence-electron chi connectivity index (χ1n) is 10.9. The van der Waals surface area contributed by atoms with Gasteiger partial charge in [0.15, 0.2) is 0 Å². The number of carbonyl (C=O) groups excluding carboxylic acids is 1. The van der Waals surface area contributed by atoms with Gasteiger partial charge in [0.2, 0.25) is 0 Å². The van der Waals surface area contributed by atoms with Crippen molar-refractivity contribution in [2.24, 2.45) is 5.10 Å². The van der Waals surface area contributed by atoms with Crippen molar-refractivity contribution in [2.45, 2.75) is 20.4 Å². The second-order valence-electron chi connectivity index (χ2n) is 8.33. The van der Waals surface area contributed by atoms with E-state index in [2.05, 4.69) is 75.8 Å². The number of carbonyl (C=O) groups is 1. The standard InChI is InChI=1S/C26H30N4O/c1-20-7-9-22(10-8-20)18-29-13-15-30(16-14-29)19-26(31)28-27-21(2)24-12-11-23-5-3-4-6-25(23)17-24/h3-12,17H,13-16,18-19H2,1-2H3,(H,28,31). The number of hydrogen-bond donors (Lipinski definition) is 1. The Morgan fingerprint density at radius 1 is 0.903 bits per heavy atom. The Kier molecular flexibility index (Phi) is 6.75. The first-order chi connectivity index (χ1) is 15.1. The van der Waals surface area contributed by atoms with Gasteiger partial charge in [-0.25, -0.2) is 5.43 Å². The first kappa shape index (κ1) is 21.2. The third-order valence-electron chi connectivity index (χ3n) is 5.87. The molecule has 0 atom stereocenters. The van der Waals surface area contributed by atoms with E-state index < -0.39 is 0 Å². The molecule has 1 N–H and O–H groups in total. The van der Waals surface area contributed by atoms with Gasteiger partial charge in [-0.3, -0.25) is 14.6 Å². The number of benzene rings is 3. The third kappa shape index (κ3) is 5.78. The van der Waals surface area contributed by atoms with Crippen molar-refractivity contribution >= 4 is 22.4 Å². The highest BCUT2D eigenvalue weighted by atomic mass is 16.2. The molecule has 0 saturated carbocycles. The van der Waals surface area contributed by atoms with Gasteiger partial charge >= 0.3 is 0 Å². The van der Waals surface area contributed by atoms with Crippen LogP contribution in [0.3, 0.4) is 0 Å². The minimum absolute atomic E-state index is 0.0628. The van der Waals surface area contributed by atoms with Crippen LogP contribution in [0, 0.1) is 6.92 Å². The lowest BCUT2D eigenvalue weighted by Gasteiger charge is -2.34. The molecule has 0 spiro atoms. The van der Waals surface area contributed by atoms with Gasteiger partial charge in [-0.1, -0.05) is 66.2 Å². The summed E-state index contributed by atoms with van der Waals surface area (Å²) < 4.78 is 0. The van der Waals surface area contributed by atoms with Crippen LogP contribution in [0.15, 0.2) is 71.8 Å². The minimum atomic E-state index is -0.0628. The average molecular weight is 415 g/mol. The number of hydrogen-bond acceptors (Lipinski definition) is 4. The van der Waals surface area contributed by atoms with Crippen LogP contribution in [0.2, 0.25) is 0 Å². The molecule has 1 saturated heterocycles. The smallest absolute Gasteiger partial charge is 0.254 e. The van der Waals surface area contributed by atoms with E-state index in [4.69, 9.17) is 0 Å². The molecule has 3 aromatic carbocycles. The largest absolute Gasteiger partial charge is 0.297 e. The summed E-state index contributed by atoms with van der Waals surface area (Å²) in [5.41, 5.74) is 7.18. The van der Waals surface area contributed by atoms with Crippen LogP contribution in [0.5, 0.6) is 0 Å². The molecule has 1 heterocycles. The Balaban J connectivity index is 1.24. The number of fused-ring (bicyclic) bond motifs is 1. The molecule has 5 heteroatoms. The van der Waals surface area contributed by atoms with Gasteiger partial charge in [0.25, 0.3) is 5.91 Å². The lowest BCUT2D eigenvalue weighted by atomic mass is 10.0. The molecule has 3 aromatic rings. The molecule has 31 heavy (non-hydrogen) atoms. The van der Waals surface area contributed by atoms with Crippen molar-refractivity contribution in [3.05, 3.63) is 83.4 Å². The quantitative estimate of drug-likeness (QED) is 0.493. The number of hydrazone groups is 1. The monoisotopic (exact) mass is 414 g/mol. The van der Waals surface area contributed by atoms with E-state index in [0.29, 0.717) is 6.54 Å². The molecule has 0 unspecified atom stereocenters. The predicted octanol–water partition coefficient (Wildman–Crippen LogP) is 3.81. The molecule has 0 aromatic heterocycles. The molecule has 0 bridgehead atoms. The molecule has 1 aliphatic rings. The van der Waals surface area contributed by atoms with Crippen LogP contribution < -0.4 is 5.43 Å². The summed E-state index contributed by atoms with van der Waals surface area (Å²) in [4.78, 5) is 17.0. The van der Waals surface area contributed by atoms with Crippen molar-refractivity contribution in [2.75, 3.05) is 32.7 Å². The summed E-state index contributed by atoms with van der Waals surface area (Å²) >= 11 is 0. The van der Waals surface area contributed by atoms with Gasteiger partial charge in [-0.2, -0.15) is 5.10 Å². The zero-order chi connectivity index (χ0) is 21.6. The molecule has 4 rings (SSSR count). The highest BCUT2D eigenvalue weighted by Gasteiger charge is 2.19. The van der Waals surface area contributed by atoms with E-state index in [1.165, 1.54) is 21.9 Å². The predicted molar refractivity (Wildman–Crippen MR) is 127 cm³/mol. The maximum Gasteiger partial charge on any atom is 0.254 e. The zero-order valence-corrected chi connectivity index (χ0v) is 18.3. The van der Waals surface area contributed by atoms with Crippen LogP contribution in [0.4, 0.5) is 0 Å². The lowest BCUT2D eigenvalue weighted by molar-refractivity contribution is -0.122. The summed E-state index contributed by atoms with van der Waals surface area (Å²) in [7, 11) is 0. The maximum absolute atomic E-state index is 12.4. The van der Waals surface area contributed by atoms with E-state index in [9.17, 15) is 4.79 Å². The Morgan fingerprint density at radius 2 is 1.58 bits per heavy atom. The Labute approximate surface area is 184 Å². The highest BCUT2D eigenvalue weighted by molar-refractivity contribution is 6.02. The van der Waals surface area contributed by atoms with Crippen LogP contribution >= 0.6 is 0 Å². The number of aryl methyl sites for hydroxylation is 1. The van der Waals surface area contributed by atoms with Gasteiger partial charge < -0.3 is 0 Å². The van der Waals surface area contributed by atoms with E-state index in [0.717, 1.165) is 44.0 Å². The summed E-state index contributed by atoms with van der Waals surface area (Å²) in [6.07, 6.45) is 0. The van der Waals surface area contributed by atoms with Gasteiger partial charge in [0, 0.05) is 32.7 Å². The number of amides is 1. The summed E-state index contributed by atoms with van der Waals surface area (Å²) in [5, 5.41) is 6.69. The van der Waals surface area contributed by atoms with Crippen molar-refractivity contribution in [1.82, 2.24) is 15.2 Å². The van der Waals surface area contributed by atoms with E-state index in [-0.39, 0.29) is 5.91 Å². The molecule has 5 nitrogen and oxygen atoms in total. The van der Waals surface area contributed by atoms with Crippen molar-refractivity contribution < 1.29 is 4.79 Å². The summed E-state index contributed by atoms with van der Waals surface area (Å²) in [6, 6.07) is 23.2. The first-order valence-corrected chi connectivity index (χ1v) is 10.9. The van der Waals surface area contributed by atoms with Gasteiger partial charge in [0.05, 0.1) is 12.3 Å². The van der Waals surface area contributed by atoms with Gasteiger partial charge in [0.1, 0.15) is 0 Å². The molecule has 1 amide bonds. The van der Waals surface area contributed by atoms with Crippen molar-refractivity contribution in [3.8, 4) is 0 Å². The number of rotatable bonds is 6. The number of piperazine rings is 1. The fourth-order valence-corrected chi connectivity index (χ4v) is 3.92. The molecular weight excluding hydrogens is 384 g/mol. The topological polar surface area (TPSA) is 47.9 Å². The number of nitrogens with one attached hydrogen (secondary N) is 1. The van der Waals surface area contributed by atoms with Crippen LogP contribution in [-0.4, -0.2) is 54.1 Å². The minimum Gasteiger partial charge on any atom is -0.297 e. The maximum atomic E-state index is 12.4. The van der Waals surface area contributed by atoms with Crippen LogP contribution in [0.25, 0.3) is 10.8 Å². The lowest BCUT2D eigenvalue weighted by Crippen LogP contribution is -2.48. The Morgan fingerprint density at radius 3 is 2.32 bits per heavy atom. The fraction of sp³-hybridized carbons (Fsp3) is 0.308. The molecule has 0 aliphatic carbocycles. The SMILES string of the molecule is CC(=NNC(=O)CN1CCN(Cc2ccc(C)cc2)CC1)c1ccc2ccccc2c1. The van der Waals surface area contributed by atoms with Crippen molar-refractivity contribution in [1.29, 1.82) is 0 Å². The van der Waals surface area contributed by atoms with E-state index in [1.54, 1.807) is 0 Å². The van der Waals surface area contributed by atoms with Crippen LogP contribution in [-0.2, 0) is 11.3 Å². The van der Waals surface area contributed by atoms with E-state index in [1.807, 2.05) is 25.1 Å². The van der Waals surface area contributed by atoms with E-state index >= 15 is 0 Å². The second-order valence-corrected chi connectivity index (χ2v) is 8.33. The normalized spacial score (nSPS) is 15.9. The van der Waals surface area contributed by atoms with Gasteiger partial charge in [-0.05, 0) is 41.8 Å². The van der Waals surface area contributed by atoms with Crippen LogP contribution in [0.1, 0.15) is 23.6 Å². The average Bonchev–Trinajstić information content (AvgIpc) is 2.80. The molecular formula is C26H30N4O.